The van der Waals surface area contributed by atoms with Crippen LogP contribution < -0.4 is 9.88 Å². The van der Waals surface area contributed by atoms with Crippen LogP contribution in [0.3, 0.4) is 0 Å². The van der Waals surface area contributed by atoms with Gasteiger partial charge in [-0.25, -0.2) is 13.4 Å². The van der Waals surface area contributed by atoms with Gasteiger partial charge in [0.2, 0.25) is 10.0 Å². The molecule has 144 valence electrons. The van der Waals surface area contributed by atoms with E-state index in [1.54, 1.807) is 30.5 Å². The average molecular weight is 399 g/mol. The fourth-order valence-electron chi connectivity index (χ4n) is 3.45. The highest BCUT2D eigenvalue weighted by Gasteiger charge is 2.35. The van der Waals surface area contributed by atoms with Crippen molar-refractivity contribution in [3.63, 3.8) is 0 Å². The smallest absolute Gasteiger partial charge is 0.258 e. The summed E-state index contributed by atoms with van der Waals surface area (Å²) in [6.07, 6.45) is 1.63. The van der Waals surface area contributed by atoms with E-state index in [4.69, 9.17) is 0 Å². The third-order valence-electron chi connectivity index (χ3n) is 4.92. The maximum atomic E-state index is 13.0. The highest BCUT2D eigenvalue weighted by atomic mass is 32.2. The van der Waals surface area contributed by atoms with Crippen molar-refractivity contribution in [2.45, 2.75) is 4.90 Å². The number of nitrogens with one attached hydrogen (secondary N) is 1. The van der Waals surface area contributed by atoms with E-state index in [2.05, 4.69) is 4.98 Å². The highest BCUT2D eigenvalue weighted by Crippen LogP contribution is 2.26. The van der Waals surface area contributed by atoms with Gasteiger partial charge in [0.25, 0.3) is 0 Å². The number of hydrogen-bond donors (Lipinski definition) is 0. The van der Waals surface area contributed by atoms with Crippen LogP contribution in [0, 0.1) is 10.1 Å². The second kappa shape index (κ2) is 7.17. The molecule has 1 aromatic heterocycles. The monoisotopic (exact) mass is 399 g/mol. The molecular formula is C19H19N4O4S+. The molecule has 0 aliphatic carbocycles. The molecule has 3 aromatic rings. The number of aromatic amines is 1. The molecule has 8 nitrogen and oxygen atoms in total. The van der Waals surface area contributed by atoms with Crippen molar-refractivity contribution in [2.24, 2.45) is 0 Å². The minimum Gasteiger partial charge on any atom is -0.258 e. The first kappa shape index (κ1) is 18.3. The average Bonchev–Trinajstić information content (AvgIpc) is 2.73. The first-order chi connectivity index (χ1) is 13.5. The number of sulfonamides is 1. The van der Waals surface area contributed by atoms with Crippen LogP contribution in [-0.2, 0) is 10.0 Å². The Hall–Kier alpha value is -3.04. The summed E-state index contributed by atoms with van der Waals surface area (Å²) in [6, 6.07) is 15.7. The highest BCUT2D eigenvalue weighted by molar-refractivity contribution is 7.89. The zero-order valence-electron chi connectivity index (χ0n) is 15.0. The number of pyridine rings is 1. The number of aromatic nitrogens is 1. The van der Waals surface area contributed by atoms with Gasteiger partial charge < -0.3 is 0 Å². The van der Waals surface area contributed by atoms with Gasteiger partial charge in [-0.1, -0.05) is 30.3 Å². The van der Waals surface area contributed by atoms with Gasteiger partial charge in [-0.3, -0.25) is 15.0 Å². The van der Waals surface area contributed by atoms with Crippen LogP contribution in [0.5, 0.6) is 0 Å². The van der Waals surface area contributed by atoms with E-state index in [1.807, 2.05) is 29.2 Å². The standard InChI is InChI=1S/C19H18N4O4S/c24-23(25)18-6-3-9-20-19(18)21-10-12-22(13-11-21)28(26,27)17-8-7-15-4-1-2-5-16(15)14-17/h1-9,14H,10-13H2/p+1. The molecule has 1 N–H and O–H groups in total. The van der Waals surface area contributed by atoms with Crippen molar-refractivity contribution < 1.29 is 18.3 Å². The molecule has 1 aliphatic rings. The lowest BCUT2D eigenvalue weighted by molar-refractivity contribution is -0.411. The molecule has 2 aromatic carbocycles. The molecule has 28 heavy (non-hydrogen) atoms. The molecule has 9 heteroatoms. The van der Waals surface area contributed by atoms with Gasteiger partial charge in [0.15, 0.2) is 0 Å². The van der Waals surface area contributed by atoms with Crippen molar-refractivity contribution in [1.29, 1.82) is 0 Å². The maximum Gasteiger partial charge on any atom is 0.357 e. The Labute approximate surface area is 162 Å². The van der Waals surface area contributed by atoms with Crippen LogP contribution in [0.2, 0.25) is 0 Å². The van der Waals surface area contributed by atoms with Crippen LogP contribution >= 0.6 is 0 Å². The van der Waals surface area contributed by atoms with Gasteiger partial charge in [-0.05, 0) is 29.0 Å². The minimum atomic E-state index is -3.62. The van der Waals surface area contributed by atoms with Crippen LogP contribution in [0.15, 0.2) is 65.7 Å². The van der Waals surface area contributed by atoms with Gasteiger partial charge in [-0.2, -0.15) is 4.31 Å². The SMILES string of the molecule is O=[N+]([O-])c1ccc[nH+]c1N1CCN(S(=O)(=O)c2ccc3ccccc3c2)CC1. The van der Waals surface area contributed by atoms with E-state index in [9.17, 15) is 18.5 Å². The molecule has 0 atom stereocenters. The van der Waals surface area contributed by atoms with Gasteiger partial charge in [0.1, 0.15) is 0 Å². The van der Waals surface area contributed by atoms with E-state index >= 15 is 0 Å². The van der Waals surface area contributed by atoms with Crippen molar-refractivity contribution in [1.82, 2.24) is 4.31 Å². The molecular weight excluding hydrogens is 380 g/mol. The molecule has 0 spiro atoms. The normalized spacial score (nSPS) is 15.6. The van der Waals surface area contributed by atoms with E-state index in [0.717, 1.165) is 10.8 Å². The van der Waals surface area contributed by atoms with Crippen LogP contribution in [0.4, 0.5) is 11.5 Å². The summed E-state index contributed by atoms with van der Waals surface area (Å²) in [5.41, 5.74) is -0.0201. The summed E-state index contributed by atoms with van der Waals surface area (Å²) in [5, 5.41) is 13.1. The summed E-state index contributed by atoms with van der Waals surface area (Å²) in [7, 11) is -3.62. The number of rotatable bonds is 4. The molecule has 0 radical (unpaired) electrons. The van der Waals surface area contributed by atoms with Crippen molar-refractivity contribution >= 4 is 32.3 Å². The Balaban J connectivity index is 1.55. The first-order valence-corrected chi connectivity index (χ1v) is 10.3. The Bertz CT molecular complexity index is 1140. The minimum absolute atomic E-state index is 0.0201. The fraction of sp³-hybridized carbons (Fsp3) is 0.211. The lowest BCUT2D eigenvalue weighted by Crippen LogP contribution is -2.50. The van der Waals surface area contributed by atoms with Gasteiger partial charge in [0, 0.05) is 6.07 Å². The molecule has 2 heterocycles. The number of anilines is 1. The van der Waals surface area contributed by atoms with E-state index in [1.165, 1.54) is 10.4 Å². The number of nitro groups is 1. The molecule has 0 unspecified atom stereocenters. The summed E-state index contributed by atoms with van der Waals surface area (Å²) < 4.78 is 27.5. The molecule has 1 aliphatic heterocycles. The van der Waals surface area contributed by atoms with Gasteiger partial charge in [0.05, 0.1) is 42.2 Å². The summed E-state index contributed by atoms with van der Waals surface area (Å²) in [4.78, 5) is 15.8. The largest absolute Gasteiger partial charge is 0.357 e. The van der Waals surface area contributed by atoms with Crippen molar-refractivity contribution in [3.8, 4) is 0 Å². The molecule has 0 amide bonds. The van der Waals surface area contributed by atoms with Crippen molar-refractivity contribution in [2.75, 3.05) is 31.1 Å². The molecule has 1 saturated heterocycles. The lowest BCUT2D eigenvalue weighted by atomic mass is 10.1. The Morgan fingerprint density at radius 3 is 2.36 bits per heavy atom. The molecule has 0 saturated carbocycles. The number of H-pyrrole nitrogens is 1. The van der Waals surface area contributed by atoms with Crippen molar-refractivity contribution in [3.05, 3.63) is 70.9 Å². The van der Waals surface area contributed by atoms with Gasteiger partial charge in [-0.15, -0.1) is 0 Å². The summed E-state index contributed by atoms with van der Waals surface area (Å²) in [6.45, 7) is 1.26. The summed E-state index contributed by atoms with van der Waals surface area (Å²) in [5.74, 6) is 0.398. The number of piperazine rings is 1. The van der Waals surface area contributed by atoms with E-state index < -0.39 is 14.9 Å². The Morgan fingerprint density at radius 2 is 1.64 bits per heavy atom. The van der Waals surface area contributed by atoms with Crippen LogP contribution in [-0.4, -0.2) is 43.8 Å². The van der Waals surface area contributed by atoms with Crippen LogP contribution in [0.25, 0.3) is 10.8 Å². The quantitative estimate of drug-likeness (QED) is 0.494. The zero-order chi connectivity index (χ0) is 19.7. The Kier molecular flexibility index (Phi) is 4.70. The summed E-state index contributed by atoms with van der Waals surface area (Å²) >= 11 is 0. The predicted molar refractivity (Wildman–Crippen MR) is 105 cm³/mol. The number of benzene rings is 2. The predicted octanol–water partition coefficient (Wildman–Crippen LogP) is 2.07. The fourth-order valence-corrected chi connectivity index (χ4v) is 4.91. The third kappa shape index (κ3) is 3.30. The lowest BCUT2D eigenvalue weighted by Gasteiger charge is -2.30. The topological polar surface area (TPSA) is 97.9 Å². The van der Waals surface area contributed by atoms with Crippen LogP contribution in [0.1, 0.15) is 0 Å². The van der Waals surface area contributed by atoms with Gasteiger partial charge >= 0.3 is 11.5 Å². The second-order valence-electron chi connectivity index (χ2n) is 6.56. The zero-order valence-corrected chi connectivity index (χ0v) is 15.8. The number of fused-ring (bicyclic) bond motifs is 1. The first-order valence-electron chi connectivity index (χ1n) is 8.86. The molecule has 1 fully saturated rings. The number of hydrogen-bond acceptors (Lipinski definition) is 5. The number of nitrogens with zero attached hydrogens (tertiary/aromatic N) is 3. The second-order valence-corrected chi connectivity index (χ2v) is 8.50. The van der Waals surface area contributed by atoms with E-state index in [-0.39, 0.29) is 23.7 Å². The molecule has 4 rings (SSSR count). The Morgan fingerprint density at radius 1 is 0.929 bits per heavy atom. The van der Waals surface area contributed by atoms with E-state index in [0.29, 0.717) is 18.9 Å². The third-order valence-corrected chi connectivity index (χ3v) is 6.82. The maximum absolute atomic E-state index is 13.0. The molecule has 0 bridgehead atoms.